The molecule has 0 spiro atoms. The zero-order chi connectivity index (χ0) is 7.84. The maximum atomic E-state index is 7.52. The molecule has 10 heavy (non-hydrogen) atoms. The second kappa shape index (κ2) is 1.84. The molecule has 2 aromatic rings. The number of fused-ring (bicyclic) bond motifs is 1. The summed E-state index contributed by atoms with van der Waals surface area (Å²) in [4.78, 5) is 0. The van der Waals surface area contributed by atoms with Gasteiger partial charge in [0.25, 0.3) is 0 Å². The molecule has 1 aromatic carbocycles. The molecule has 0 radical (unpaired) electrons. The largest absolute Gasteiger partial charge is 0.268 e. The van der Waals surface area contributed by atoms with Gasteiger partial charge in [-0.2, -0.15) is 5.10 Å². The van der Waals surface area contributed by atoms with Crippen molar-refractivity contribution in [3.8, 4) is 0 Å². The Morgan fingerprint density at radius 3 is 3.30 bits per heavy atom. The summed E-state index contributed by atoms with van der Waals surface area (Å²) in [5.74, 6) is 0. The molecule has 0 aliphatic rings. The molecule has 0 N–H and O–H groups in total. The Morgan fingerprint density at radius 1 is 1.60 bits per heavy atom. The van der Waals surface area contributed by atoms with Crippen molar-refractivity contribution in [2.24, 2.45) is 7.05 Å². The third-order valence-corrected chi connectivity index (χ3v) is 1.57. The summed E-state index contributed by atoms with van der Waals surface area (Å²) in [5, 5.41) is 4.97. The van der Waals surface area contributed by atoms with Crippen LogP contribution in [0.25, 0.3) is 10.9 Å². The smallest absolute Gasteiger partial charge is 0.0679 e. The first kappa shape index (κ1) is 4.50. The first-order chi connectivity index (χ1) is 5.29. The highest BCUT2D eigenvalue weighted by Gasteiger charge is 1.93. The molecule has 0 saturated carbocycles. The van der Waals surface area contributed by atoms with Crippen LogP contribution in [-0.2, 0) is 7.05 Å². The monoisotopic (exact) mass is 133 g/mol. The van der Waals surface area contributed by atoms with E-state index < -0.39 is 0 Å². The number of hydrogen-bond acceptors (Lipinski definition) is 1. The van der Waals surface area contributed by atoms with E-state index in [1.165, 1.54) is 0 Å². The normalized spacial score (nSPS) is 11.9. The molecule has 0 bridgehead atoms. The second-order valence-electron chi connectivity index (χ2n) is 2.24. The van der Waals surface area contributed by atoms with Crippen LogP contribution in [0.2, 0.25) is 0 Å². The molecule has 50 valence electrons. The van der Waals surface area contributed by atoms with Gasteiger partial charge in [-0.15, -0.1) is 0 Å². The fourth-order valence-corrected chi connectivity index (χ4v) is 1.03. The van der Waals surface area contributed by atoms with Crippen LogP contribution in [0.1, 0.15) is 1.37 Å². The van der Waals surface area contributed by atoms with E-state index in [0.717, 1.165) is 10.9 Å². The highest BCUT2D eigenvalue weighted by molar-refractivity contribution is 5.78. The SMILES string of the molecule is [2H]c1cccc2c1cnn2C. The Labute approximate surface area is 60.5 Å². The summed E-state index contributed by atoms with van der Waals surface area (Å²) < 4.78 is 9.29. The number of hydrogen-bond donors (Lipinski definition) is 0. The number of aromatic nitrogens is 2. The molecular formula is C8H8N2. The summed E-state index contributed by atoms with van der Waals surface area (Å²) in [6, 6.07) is 6.13. The predicted molar refractivity (Wildman–Crippen MR) is 40.7 cm³/mol. The molecule has 2 rings (SSSR count). The van der Waals surface area contributed by atoms with Crippen LogP contribution in [0, 0.1) is 0 Å². The van der Waals surface area contributed by atoms with E-state index >= 15 is 0 Å². The van der Waals surface area contributed by atoms with Crippen molar-refractivity contribution in [1.29, 1.82) is 0 Å². The van der Waals surface area contributed by atoms with Crippen molar-refractivity contribution >= 4 is 10.9 Å². The molecule has 2 nitrogen and oxygen atoms in total. The van der Waals surface area contributed by atoms with E-state index in [1.807, 2.05) is 19.2 Å². The lowest BCUT2D eigenvalue weighted by Gasteiger charge is -1.90. The summed E-state index contributed by atoms with van der Waals surface area (Å²) in [6.45, 7) is 0. The standard InChI is InChI=1S/C8H8N2/c1-10-8-5-3-2-4-7(8)6-9-10/h2-6H,1H3/i4D. The number of nitrogens with zero attached hydrogens (tertiary/aromatic N) is 2. The van der Waals surface area contributed by atoms with Crippen LogP contribution in [0.4, 0.5) is 0 Å². The Kier molecular flexibility index (Phi) is 0.826. The number of benzene rings is 1. The van der Waals surface area contributed by atoms with Crippen molar-refractivity contribution in [3.63, 3.8) is 0 Å². The van der Waals surface area contributed by atoms with Gasteiger partial charge in [0.1, 0.15) is 0 Å². The van der Waals surface area contributed by atoms with Crippen LogP contribution in [0.15, 0.2) is 30.4 Å². The molecule has 0 saturated heterocycles. The van der Waals surface area contributed by atoms with E-state index in [9.17, 15) is 0 Å². The molecule has 1 aromatic heterocycles. The summed E-state index contributed by atoms with van der Waals surface area (Å²) in [5.41, 5.74) is 1.01. The summed E-state index contributed by atoms with van der Waals surface area (Å²) >= 11 is 0. The van der Waals surface area contributed by atoms with Gasteiger partial charge in [0.05, 0.1) is 13.1 Å². The number of para-hydroxylation sites is 1. The highest BCUT2D eigenvalue weighted by atomic mass is 15.2. The Hall–Kier alpha value is -1.31. The van der Waals surface area contributed by atoms with Gasteiger partial charge in [-0.3, -0.25) is 4.68 Å². The quantitative estimate of drug-likeness (QED) is 0.533. The van der Waals surface area contributed by atoms with E-state index in [1.54, 1.807) is 16.9 Å². The van der Waals surface area contributed by atoms with Crippen molar-refractivity contribution in [2.45, 2.75) is 0 Å². The molecule has 0 fully saturated rings. The van der Waals surface area contributed by atoms with Crippen molar-refractivity contribution < 1.29 is 1.37 Å². The molecule has 0 unspecified atom stereocenters. The zero-order valence-corrected chi connectivity index (χ0v) is 5.70. The first-order valence-electron chi connectivity index (χ1n) is 3.66. The molecular weight excluding hydrogens is 124 g/mol. The topological polar surface area (TPSA) is 17.8 Å². The Morgan fingerprint density at radius 2 is 2.50 bits per heavy atom. The minimum atomic E-state index is 0.538. The van der Waals surface area contributed by atoms with Gasteiger partial charge in [0.15, 0.2) is 0 Å². The van der Waals surface area contributed by atoms with E-state index in [0.29, 0.717) is 6.04 Å². The molecule has 0 amide bonds. The lowest BCUT2D eigenvalue weighted by Crippen LogP contribution is -1.87. The van der Waals surface area contributed by atoms with Crippen molar-refractivity contribution in [1.82, 2.24) is 9.78 Å². The first-order valence-corrected chi connectivity index (χ1v) is 3.16. The van der Waals surface area contributed by atoms with Crippen LogP contribution < -0.4 is 0 Å². The predicted octanol–water partition coefficient (Wildman–Crippen LogP) is 1.57. The summed E-state index contributed by atoms with van der Waals surface area (Å²) in [7, 11) is 1.88. The molecule has 0 aliphatic heterocycles. The van der Waals surface area contributed by atoms with Crippen LogP contribution in [0.3, 0.4) is 0 Å². The van der Waals surface area contributed by atoms with Crippen molar-refractivity contribution in [2.75, 3.05) is 0 Å². The van der Waals surface area contributed by atoms with Gasteiger partial charge in [0.2, 0.25) is 0 Å². The fraction of sp³-hybridized carbons (Fsp3) is 0.125. The van der Waals surface area contributed by atoms with Gasteiger partial charge in [-0.25, -0.2) is 0 Å². The maximum Gasteiger partial charge on any atom is 0.0679 e. The van der Waals surface area contributed by atoms with Gasteiger partial charge in [-0.05, 0) is 6.07 Å². The Balaban J connectivity index is 2.94. The molecule has 2 heteroatoms. The van der Waals surface area contributed by atoms with Crippen LogP contribution in [-0.4, -0.2) is 9.78 Å². The molecule has 1 heterocycles. The molecule has 0 aliphatic carbocycles. The number of rotatable bonds is 0. The maximum absolute atomic E-state index is 7.52. The third kappa shape index (κ3) is 0.620. The average Bonchev–Trinajstić information content (AvgIpc) is 2.35. The second-order valence-corrected chi connectivity index (χ2v) is 2.24. The van der Waals surface area contributed by atoms with E-state index in [2.05, 4.69) is 5.10 Å². The Bertz CT molecular complexity index is 392. The van der Waals surface area contributed by atoms with E-state index in [-0.39, 0.29) is 0 Å². The van der Waals surface area contributed by atoms with Gasteiger partial charge >= 0.3 is 0 Å². The number of aryl methyl sites for hydroxylation is 1. The van der Waals surface area contributed by atoms with E-state index in [4.69, 9.17) is 1.37 Å². The average molecular weight is 133 g/mol. The highest BCUT2D eigenvalue weighted by Crippen LogP contribution is 2.09. The molecule has 0 atom stereocenters. The van der Waals surface area contributed by atoms with Gasteiger partial charge < -0.3 is 0 Å². The lowest BCUT2D eigenvalue weighted by atomic mass is 10.3. The minimum absolute atomic E-state index is 0.538. The zero-order valence-electron chi connectivity index (χ0n) is 6.70. The minimum Gasteiger partial charge on any atom is -0.268 e. The van der Waals surface area contributed by atoms with Crippen LogP contribution in [0.5, 0.6) is 0 Å². The third-order valence-electron chi connectivity index (χ3n) is 1.57. The van der Waals surface area contributed by atoms with Gasteiger partial charge in [0, 0.05) is 12.4 Å². The summed E-state index contributed by atoms with van der Waals surface area (Å²) in [6.07, 6.45) is 1.72. The van der Waals surface area contributed by atoms with Crippen LogP contribution >= 0.6 is 0 Å². The van der Waals surface area contributed by atoms with Crippen molar-refractivity contribution in [3.05, 3.63) is 30.4 Å². The lowest BCUT2D eigenvalue weighted by molar-refractivity contribution is 0.797. The fourth-order valence-electron chi connectivity index (χ4n) is 1.03. The van der Waals surface area contributed by atoms with Gasteiger partial charge in [-0.1, -0.05) is 18.2 Å².